The summed E-state index contributed by atoms with van der Waals surface area (Å²) in [7, 11) is 0. The minimum absolute atomic E-state index is 0.300. The summed E-state index contributed by atoms with van der Waals surface area (Å²) in [6.45, 7) is 11.2. The van der Waals surface area contributed by atoms with Crippen molar-refractivity contribution in [2.24, 2.45) is 17.8 Å². The summed E-state index contributed by atoms with van der Waals surface area (Å²) in [5, 5.41) is 8.90. The Balaban J connectivity index is 2.52. The Morgan fingerprint density at radius 2 is 2.06 bits per heavy atom. The molecule has 1 saturated heterocycles. The number of rotatable bonds is 6. The average molecular weight is 255 g/mol. The summed E-state index contributed by atoms with van der Waals surface area (Å²) in [5.41, 5.74) is 0. The first-order valence-electron chi connectivity index (χ1n) is 7.41. The second-order valence-corrected chi connectivity index (χ2v) is 6.10. The van der Waals surface area contributed by atoms with Gasteiger partial charge in [0.25, 0.3) is 0 Å². The van der Waals surface area contributed by atoms with Gasteiger partial charge in [0, 0.05) is 19.0 Å². The van der Waals surface area contributed by atoms with Crippen molar-refractivity contribution in [3.05, 3.63) is 0 Å². The van der Waals surface area contributed by atoms with E-state index < -0.39 is 5.97 Å². The van der Waals surface area contributed by atoms with Crippen molar-refractivity contribution in [3.63, 3.8) is 0 Å². The molecule has 0 aliphatic carbocycles. The van der Waals surface area contributed by atoms with Gasteiger partial charge >= 0.3 is 5.97 Å². The van der Waals surface area contributed by atoms with Gasteiger partial charge in [0.05, 0.1) is 0 Å². The summed E-state index contributed by atoms with van der Waals surface area (Å²) in [5.74, 6) is 0.920. The van der Waals surface area contributed by atoms with E-state index in [9.17, 15) is 4.79 Å². The summed E-state index contributed by atoms with van der Waals surface area (Å²) >= 11 is 0. The van der Waals surface area contributed by atoms with Crippen LogP contribution in [0.5, 0.6) is 0 Å². The Labute approximate surface area is 112 Å². The highest BCUT2D eigenvalue weighted by atomic mass is 16.4. The fourth-order valence-electron chi connectivity index (χ4n) is 3.02. The lowest BCUT2D eigenvalue weighted by Crippen LogP contribution is -2.45. The largest absolute Gasteiger partial charge is 0.481 e. The van der Waals surface area contributed by atoms with Crippen LogP contribution in [0.4, 0.5) is 0 Å². The molecule has 4 unspecified atom stereocenters. The van der Waals surface area contributed by atoms with E-state index in [1.165, 1.54) is 25.8 Å². The Kier molecular flexibility index (Phi) is 6.13. The second kappa shape index (κ2) is 7.13. The van der Waals surface area contributed by atoms with Crippen molar-refractivity contribution >= 4 is 5.97 Å². The molecule has 1 rings (SSSR count). The molecular weight excluding hydrogens is 226 g/mol. The number of nitrogens with zero attached hydrogens (tertiary/aromatic N) is 1. The van der Waals surface area contributed by atoms with Gasteiger partial charge in [-0.2, -0.15) is 0 Å². The fraction of sp³-hybridized carbons (Fsp3) is 0.933. The Morgan fingerprint density at radius 1 is 1.39 bits per heavy atom. The van der Waals surface area contributed by atoms with Crippen LogP contribution in [0, 0.1) is 17.8 Å². The SMILES string of the molecule is CCC(C)C(C)N1CCCC(C(C)CC(=O)O)C1. The zero-order valence-corrected chi connectivity index (χ0v) is 12.4. The van der Waals surface area contributed by atoms with Gasteiger partial charge in [0.1, 0.15) is 0 Å². The quantitative estimate of drug-likeness (QED) is 0.792. The van der Waals surface area contributed by atoms with E-state index in [0.29, 0.717) is 24.3 Å². The van der Waals surface area contributed by atoms with Gasteiger partial charge in [0.15, 0.2) is 0 Å². The van der Waals surface area contributed by atoms with Crippen molar-refractivity contribution in [2.45, 2.75) is 59.4 Å². The number of carboxylic acids is 1. The van der Waals surface area contributed by atoms with Crippen LogP contribution in [-0.4, -0.2) is 35.1 Å². The first-order valence-corrected chi connectivity index (χ1v) is 7.41. The fourth-order valence-corrected chi connectivity index (χ4v) is 3.02. The van der Waals surface area contributed by atoms with Gasteiger partial charge in [-0.1, -0.05) is 27.2 Å². The molecule has 0 aromatic heterocycles. The monoisotopic (exact) mass is 255 g/mol. The van der Waals surface area contributed by atoms with Crippen molar-refractivity contribution in [1.29, 1.82) is 0 Å². The molecule has 1 N–H and O–H groups in total. The Bertz CT molecular complexity index is 267. The van der Waals surface area contributed by atoms with E-state index in [1.54, 1.807) is 0 Å². The van der Waals surface area contributed by atoms with Crippen molar-refractivity contribution in [2.75, 3.05) is 13.1 Å². The third-order valence-corrected chi connectivity index (χ3v) is 4.83. The summed E-state index contributed by atoms with van der Waals surface area (Å²) in [6.07, 6.45) is 3.94. The highest BCUT2D eigenvalue weighted by Gasteiger charge is 2.29. The molecule has 0 spiro atoms. The molecule has 0 aromatic carbocycles. The number of aliphatic carboxylic acids is 1. The molecule has 0 radical (unpaired) electrons. The van der Waals surface area contributed by atoms with E-state index in [4.69, 9.17) is 5.11 Å². The second-order valence-electron chi connectivity index (χ2n) is 6.10. The van der Waals surface area contributed by atoms with Gasteiger partial charge in [-0.15, -0.1) is 0 Å². The molecule has 18 heavy (non-hydrogen) atoms. The predicted molar refractivity (Wildman–Crippen MR) is 74.6 cm³/mol. The van der Waals surface area contributed by atoms with Crippen molar-refractivity contribution < 1.29 is 9.90 Å². The zero-order valence-electron chi connectivity index (χ0n) is 12.4. The standard InChI is InChI=1S/C15H29NO2/c1-5-11(2)13(4)16-8-6-7-14(10-16)12(3)9-15(17)18/h11-14H,5-10H2,1-4H3,(H,17,18). The number of piperidine rings is 1. The van der Waals surface area contributed by atoms with Gasteiger partial charge in [-0.05, 0) is 44.1 Å². The Morgan fingerprint density at radius 3 is 2.61 bits per heavy atom. The number of hydrogen-bond acceptors (Lipinski definition) is 2. The molecule has 4 atom stereocenters. The molecular formula is C15H29NO2. The maximum absolute atomic E-state index is 10.8. The van der Waals surface area contributed by atoms with Crippen LogP contribution in [0.25, 0.3) is 0 Å². The summed E-state index contributed by atoms with van der Waals surface area (Å²) in [4.78, 5) is 13.4. The third kappa shape index (κ3) is 4.27. The lowest BCUT2D eigenvalue weighted by Gasteiger charge is -2.40. The molecule has 1 aliphatic heterocycles. The molecule has 0 saturated carbocycles. The highest BCUT2D eigenvalue weighted by Crippen LogP contribution is 2.28. The van der Waals surface area contributed by atoms with Crippen LogP contribution in [0.1, 0.15) is 53.4 Å². The molecule has 0 aromatic rings. The van der Waals surface area contributed by atoms with Crippen LogP contribution < -0.4 is 0 Å². The molecule has 1 fully saturated rings. The van der Waals surface area contributed by atoms with Crippen LogP contribution >= 0.6 is 0 Å². The smallest absolute Gasteiger partial charge is 0.303 e. The van der Waals surface area contributed by atoms with E-state index >= 15 is 0 Å². The number of carboxylic acid groups (broad SMARTS) is 1. The third-order valence-electron chi connectivity index (χ3n) is 4.83. The highest BCUT2D eigenvalue weighted by molar-refractivity contribution is 5.67. The van der Waals surface area contributed by atoms with E-state index in [1.807, 2.05) is 0 Å². The summed E-state index contributed by atoms with van der Waals surface area (Å²) < 4.78 is 0. The van der Waals surface area contributed by atoms with Gasteiger partial charge in [-0.25, -0.2) is 0 Å². The molecule has 0 amide bonds. The normalized spacial score (nSPS) is 26.6. The van der Waals surface area contributed by atoms with Crippen LogP contribution in [0.3, 0.4) is 0 Å². The van der Waals surface area contributed by atoms with Crippen LogP contribution in [0.2, 0.25) is 0 Å². The molecule has 1 heterocycles. The lowest BCUT2D eigenvalue weighted by molar-refractivity contribution is -0.138. The maximum atomic E-state index is 10.8. The molecule has 1 aliphatic rings. The van der Waals surface area contributed by atoms with Crippen molar-refractivity contribution in [1.82, 2.24) is 4.90 Å². The maximum Gasteiger partial charge on any atom is 0.303 e. The van der Waals surface area contributed by atoms with Gasteiger partial charge < -0.3 is 10.0 Å². The van der Waals surface area contributed by atoms with Gasteiger partial charge in [0.2, 0.25) is 0 Å². The number of hydrogen-bond donors (Lipinski definition) is 1. The predicted octanol–water partition coefficient (Wildman–Crippen LogP) is 3.24. The first-order chi connectivity index (χ1) is 8.45. The minimum atomic E-state index is -0.658. The number of likely N-dealkylation sites (tertiary alicyclic amines) is 1. The molecule has 106 valence electrons. The van der Waals surface area contributed by atoms with Crippen LogP contribution in [0.15, 0.2) is 0 Å². The molecule has 0 bridgehead atoms. The Hall–Kier alpha value is -0.570. The topological polar surface area (TPSA) is 40.5 Å². The molecule has 3 nitrogen and oxygen atoms in total. The molecule has 3 heteroatoms. The minimum Gasteiger partial charge on any atom is -0.481 e. The van der Waals surface area contributed by atoms with E-state index in [-0.39, 0.29) is 0 Å². The van der Waals surface area contributed by atoms with Crippen LogP contribution in [-0.2, 0) is 4.79 Å². The van der Waals surface area contributed by atoms with Crippen molar-refractivity contribution in [3.8, 4) is 0 Å². The zero-order chi connectivity index (χ0) is 13.7. The lowest BCUT2D eigenvalue weighted by atomic mass is 9.83. The van der Waals surface area contributed by atoms with Gasteiger partial charge in [-0.3, -0.25) is 4.79 Å². The first kappa shape index (κ1) is 15.5. The van der Waals surface area contributed by atoms with E-state index in [2.05, 4.69) is 32.6 Å². The number of carbonyl (C=O) groups is 1. The van der Waals surface area contributed by atoms with E-state index in [0.717, 1.165) is 12.5 Å². The average Bonchev–Trinajstić information content (AvgIpc) is 2.36. The summed E-state index contributed by atoms with van der Waals surface area (Å²) in [6, 6.07) is 0.620.